The fraction of sp³-hybridized carbons (Fsp3) is 0.750. The van der Waals surface area contributed by atoms with Crippen LogP contribution in [0.15, 0.2) is 9.66 Å². The predicted octanol–water partition coefficient (Wildman–Crippen LogP) is 3.91. The van der Waals surface area contributed by atoms with Crippen molar-refractivity contribution in [2.45, 2.75) is 39.5 Å². The van der Waals surface area contributed by atoms with Gasteiger partial charge >= 0.3 is 0 Å². The van der Waals surface area contributed by atoms with Crippen LogP contribution in [-0.4, -0.2) is 0 Å². The Balaban J connectivity index is 3.00. The van der Waals surface area contributed by atoms with E-state index in [0.29, 0.717) is 0 Å². The second kappa shape index (κ2) is 6.59. The molecule has 0 unspecified atom stereocenters. The number of halogens is 1. The molecule has 0 saturated heterocycles. The standard InChI is InChI=1S/C8H15I/c1-3-4-5-6-7-8(2)9/h7H,3-6H2,1-2H3/b8-7-. The molecule has 0 aromatic heterocycles. The number of hydrogen-bond acceptors (Lipinski definition) is 0. The lowest BCUT2D eigenvalue weighted by Crippen LogP contribution is -1.70. The Morgan fingerprint density at radius 1 is 1.44 bits per heavy atom. The summed E-state index contributed by atoms with van der Waals surface area (Å²) in [5.74, 6) is 0. The number of allylic oxidation sites excluding steroid dienone is 2. The molecule has 54 valence electrons. The van der Waals surface area contributed by atoms with Gasteiger partial charge in [0.1, 0.15) is 0 Å². The molecule has 0 amide bonds. The summed E-state index contributed by atoms with van der Waals surface area (Å²) in [5, 5.41) is 0. The molecule has 0 aromatic carbocycles. The molecule has 9 heavy (non-hydrogen) atoms. The van der Waals surface area contributed by atoms with E-state index in [2.05, 4.69) is 42.5 Å². The Bertz CT molecular complexity index is 80.6. The molecule has 0 aromatic rings. The van der Waals surface area contributed by atoms with E-state index >= 15 is 0 Å². The van der Waals surface area contributed by atoms with E-state index in [-0.39, 0.29) is 0 Å². The summed E-state index contributed by atoms with van der Waals surface area (Å²) in [7, 11) is 0. The Kier molecular flexibility index (Phi) is 6.93. The summed E-state index contributed by atoms with van der Waals surface area (Å²) in [5.41, 5.74) is 0. The lowest BCUT2D eigenvalue weighted by atomic mass is 10.2. The molecular weight excluding hydrogens is 223 g/mol. The molecule has 0 bridgehead atoms. The van der Waals surface area contributed by atoms with Crippen LogP contribution in [0.1, 0.15) is 39.5 Å². The van der Waals surface area contributed by atoms with E-state index in [1.807, 2.05) is 0 Å². The maximum Gasteiger partial charge on any atom is -0.0165 e. The molecule has 0 atom stereocenters. The Labute approximate surface area is 71.9 Å². The van der Waals surface area contributed by atoms with Crippen molar-refractivity contribution in [1.29, 1.82) is 0 Å². The van der Waals surface area contributed by atoms with Crippen LogP contribution in [0, 0.1) is 0 Å². The highest BCUT2D eigenvalue weighted by Gasteiger charge is 1.82. The summed E-state index contributed by atoms with van der Waals surface area (Å²) >= 11 is 2.36. The largest absolute Gasteiger partial charge is 0.0755 e. The minimum absolute atomic E-state index is 1.27. The van der Waals surface area contributed by atoms with E-state index in [9.17, 15) is 0 Å². The van der Waals surface area contributed by atoms with Crippen LogP contribution < -0.4 is 0 Å². The fourth-order valence-corrected chi connectivity index (χ4v) is 1.01. The maximum atomic E-state index is 2.36. The third kappa shape index (κ3) is 8.47. The molecule has 1 heteroatoms. The van der Waals surface area contributed by atoms with Crippen molar-refractivity contribution in [1.82, 2.24) is 0 Å². The van der Waals surface area contributed by atoms with Gasteiger partial charge in [-0.25, -0.2) is 0 Å². The van der Waals surface area contributed by atoms with Crippen LogP contribution in [0.5, 0.6) is 0 Å². The molecule has 0 radical (unpaired) electrons. The van der Waals surface area contributed by atoms with Crippen LogP contribution in [0.3, 0.4) is 0 Å². The molecule has 0 spiro atoms. The van der Waals surface area contributed by atoms with Crippen molar-refractivity contribution in [2.75, 3.05) is 0 Å². The molecular formula is C8H15I. The van der Waals surface area contributed by atoms with Gasteiger partial charge in [-0.3, -0.25) is 0 Å². The highest BCUT2D eigenvalue weighted by molar-refractivity contribution is 14.1. The SMILES string of the molecule is CCCCC/C=C(/C)I. The van der Waals surface area contributed by atoms with Crippen molar-refractivity contribution in [3.05, 3.63) is 9.66 Å². The third-order valence-electron chi connectivity index (χ3n) is 1.23. The van der Waals surface area contributed by atoms with Crippen LogP contribution in [0.2, 0.25) is 0 Å². The highest BCUT2D eigenvalue weighted by atomic mass is 127. The van der Waals surface area contributed by atoms with Crippen molar-refractivity contribution in [3.8, 4) is 0 Å². The molecule has 0 aliphatic heterocycles. The van der Waals surface area contributed by atoms with E-state index in [4.69, 9.17) is 0 Å². The van der Waals surface area contributed by atoms with Crippen LogP contribution >= 0.6 is 22.6 Å². The fourth-order valence-electron chi connectivity index (χ4n) is 0.695. The van der Waals surface area contributed by atoms with Crippen molar-refractivity contribution in [2.24, 2.45) is 0 Å². The summed E-state index contributed by atoms with van der Waals surface area (Å²) < 4.78 is 1.42. The van der Waals surface area contributed by atoms with Gasteiger partial charge in [0.2, 0.25) is 0 Å². The van der Waals surface area contributed by atoms with Crippen molar-refractivity contribution < 1.29 is 0 Å². The topological polar surface area (TPSA) is 0 Å². The average Bonchev–Trinajstić information content (AvgIpc) is 1.80. The third-order valence-corrected chi connectivity index (χ3v) is 1.67. The summed E-state index contributed by atoms with van der Waals surface area (Å²) in [6.07, 6.45) is 7.63. The second-order valence-electron chi connectivity index (χ2n) is 2.29. The average molecular weight is 238 g/mol. The zero-order chi connectivity index (χ0) is 7.11. The van der Waals surface area contributed by atoms with Crippen molar-refractivity contribution >= 4 is 22.6 Å². The van der Waals surface area contributed by atoms with E-state index in [0.717, 1.165) is 0 Å². The number of unbranched alkanes of at least 4 members (excludes halogenated alkanes) is 3. The van der Waals surface area contributed by atoms with E-state index < -0.39 is 0 Å². The first kappa shape index (κ1) is 9.47. The van der Waals surface area contributed by atoms with Crippen LogP contribution in [0.4, 0.5) is 0 Å². The van der Waals surface area contributed by atoms with Gasteiger partial charge in [-0.1, -0.05) is 25.8 Å². The quantitative estimate of drug-likeness (QED) is 0.514. The molecule has 0 fully saturated rings. The second-order valence-corrected chi connectivity index (χ2v) is 3.99. The monoisotopic (exact) mass is 238 g/mol. The molecule has 0 aliphatic rings. The normalized spacial score (nSPS) is 12.1. The first-order valence-corrected chi connectivity index (χ1v) is 4.67. The van der Waals surface area contributed by atoms with Crippen LogP contribution in [-0.2, 0) is 0 Å². The smallest absolute Gasteiger partial charge is 0.0165 e. The molecule has 0 aliphatic carbocycles. The van der Waals surface area contributed by atoms with Gasteiger partial charge in [-0.2, -0.15) is 0 Å². The zero-order valence-electron chi connectivity index (χ0n) is 6.28. The molecule has 0 nitrogen and oxygen atoms in total. The van der Waals surface area contributed by atoms with Crippen molar-refractivity contribution in [3.63, 3.8) is 0 Å². The molecule has 0 saturated carbocycles. The Morgan fingerprint density at radius 3 is 2.56 bits per heavy atom. The summed E-state index contributed by atoms with van der Waals surface area (Å²) in [6.45, 7) is 4.38. The minimum Gasteiger partial charge on any atom is -0.0755 e. The van der Waals surface area contributed by atoms with E-state index in [1.54, 1.807) is 0 Å². The van der Waals surface area contributed by atoms with Gasteiger partial charge in [0.05, 0.1) is 0 Å². The summed E-state index contributed by atoms with van der Waals surface area (Å²) in [6, 6.07) is 0. The van der Waals surface area contributed by atoms with Gasteiger partial charge in [0.15, 0.2) is 0 Å². The van der Waals surface area contributed by atoms with Gasteiger partial charge in [-0.05, 0) is 45.9 Å². The highest BCUT2D eigenvalue weighted by Crippen LogP contribution is 2.07. The summed E-state index contributed by atoms with van der Waals surface area (Å²) in [4.78, 5) is 0. The first-order chi connectivity index (χ1) is 4.27. The van der Waals surface area contributed by atoms with E-state index in [1.165, 1.54) is 29.3 Å². The van der Waals surface area contributed by atoms with Gasteiger partial charge in [-0.15, -0.1) is 0 Å². The van der Waals surface area contributed by atoms with Gasteiger partial charge in [0, 0.05) is 0 Å². The molecule has 0 heterocycles. The molecule has 0 rings (SSSR count). The van der Waals surface area contributed by atoms with Gasteiger partial charge in [0.25, 0.3) is 0 Å². The number of rotatable bonds is 4. The Hall–Kier alpha value is 0.470. The lowest BCUT2D eigenvalue weighted by molar-refractivity contribution is 0.729. The van der Waals surface area contributed by atoms with Crippen LogP contribution in [0.25, 0.3) is 0 Å². The van der Waals surface area contributed by atoms with Gasteiger partial charge < -0.3 is 0 Å². The molecule has 0 N–H and O–H groups in total. The lowest BCUT2D eigenvalue weighted by Gasteiger charge is -1.91. The number of hydrogen-bond donors (Lipinski definition) is 0. The maximum absolute atomic E-state index is 2.36. The first-order valence-electron chi connectivity index (χ1n) is 3.59. The minimum atomic E-state index is 1.27. The Morgan fingerprint density at radius 2 is 2.11 bits per heavy atom. The predicted molar refractivity (Wildman–Crippen MR) is 51.9 cm³/mol. The zero-order valence-corrected chi connectivity index (χ0v) is 8.44.